The van der Waals surface area contributed by atoms with E-state index in [2.05, 4.69) is 20.2 Å². The lowest BCUT2D eigenvalue weighted by molar-refractivity contribution is -0.110. The molecule has 1 saturated carbocycles. The van der Waals surface area contributed by atoms with E-state index in [1.165, 1.54) is 18.2 Å². The SMILES string of the molecule is N#Cc1c(N)sc2c(F)ccc(-c3c(Cl)cc4c(O[C@H]5CC[C@H](NC=O)C5)nc(OC[C@@]56CCCN5C[C@H](F)C6)nc4c3F)c12. The number of nitrogens with two attached hydrogens (primary N) is 1. The van der Waals surface area contributed by atoms with E-state index in [9.17, 15) is 18.8 Å². The smallest absolute Gasteiger partial charge is 0.320 e. The highest BCUT2D eigenvalue weighted by Gasteiger charge is 2.49. The third-order valence-corrected chi connectivity index (χ3v) is 10.5. The first-order valence-electron chi connectivity index (χ1n) is 14.7. The second-order valence-electron chi connectivity index (χ2n) is 11.9. The zero-order valence-corrected chi connectivity index (χ0v) is 25.5. The van der Waals surface area contributed by atoms with Crippen molar-refractivity contribution in [1.82, 2.24) is 20.2 Å². The molecule has 0 bridgehead atoms. The van der Waals surface area contributed by atoms with Crippen molar-refractivity contribution in [3.8, 4) is 29.1 Å². The summed E-state index contributed by atoms with van der Waals surface area (Å²) in [7, 11) is 0. The summed E-state index contributed by atoms with van der Waals surface area (Å²) in [6.45, 7) is 1.23. The molecule has 1 aliphatic carbocycles. The first kappa shape index (κ1) is 29.8. The van der Waals surface area contributed by atoms with Crippen molar-refractivity contribution >= 4 is 55.3 Å². The number of aromatic nitrogens is 2. The first-order chi connectivity index (χ1) is 21.7. The van der Waals surface area contributed by atoms with Gasteiger partial charge in [-0.3, -0.25) is 9.69 Å². The molecule has 9 nitrogen and oxygen atoms in total. The van der Waals surface area contributed by atoms with Crippen molar-refractivity contribution < 1.29 is 27.4 Å². The fourth-order valence-corrected chi connectivity index (χ4v) is 8.40. The Morgan fingerprint density at radius 1 is 1.31 bits per heavy atom. The van der Waals surface area contributed by atoms with E-state index in [1.807, 2.05) is 6.07 Å². The lowest BCUT2D eigenvalue weighted by atomic mass is 9.95. The van der Waals surface area contributed by atoms with E-state index in [0.29, 0.717) is 38.6 Å². The second-order valence-corrected chi connectivity index (χ2v) is 13.4. The average Bonchev–Trinajstić information content (AvgIpc) is 3.76. The molecule has 45 heavy (non-hydrogen) atoms. The van der Waals surface area contributed by atoms with Crippen molar-refractivity contribution in [2.75, 3.05) is 25.4 Å². The van der Waals surface area contributed by atoms with Crippen molar-refractivity contribution in [1.29, 1.82) is 5.26 Å². The number of hydrogen-bond acceptors (Lipinski definition) is 9. The average molecular weight is 657 g/mol. The Bertz CT molecular complexity index is 1890. The van der Waals surface area contributed by atoms with Gasteiger partial charge in [0, 0.05) is 36.4 Å². The lowest BCUT2D eigenvalue weighted by Crippen LogP contribution is -2.43. The number of hydrogen-bond donors (Lipinski definition) is 2. The number of nitriles is 1. The molecular weight excluding hydrogens is 629 g/mol. The molecule has 3 fully saturated rings. The fourth-order valence-electron chi connectivity index (χ4n) is 7.16. The maximum absolute atomic E-state index is 16.7. The number of nitrogen functional groups attached to an aromatic ring is 1. The molecule has 2 aliphatic heterocycles. The normalized spacial score (nSPS) is 24.6. The van der Waals surface area contributed by atoms with Gasteiger partial charge in [0.15, 0.2) is 5.82 Å². The van der Waals surface area contributed by atoms with E-state index in [-0.39, 0.29) is 78.3 Å². The number of nitrogens with one attached hydrogen (secondary N) is 1. The van der Waals surface area contributed by atoms with Crippen LogP contribution in [-0.4, -0.2) is 64.8 Å². The number of rotatable bonds is 8. The molecule has 0 radical (unpaired) electrons. The van der Waals surface area contributed by atoms with Crippen LogP contribution in [0, 0.1) is 23.0 Å². The summed E-state index contributed by atoms with van der Waals surface area (Å²) in [5.74, 6) is -1.38. The van der Waals surface area contributed by atoms with Crippen LogP contribution in [0.15, 0.2) is 18.2 Å². The Morgan fingerprint density at radius 2 is 2.16 bits per heavy atom. The van der Waals surface area contributed by atoms with Gasteiger partial charge in [0.2, 0.25) is 12.3 Å². The third kappa shape index (κ3) is 5.09. The van der Waals surface area contributed by atoms with Crippen LogP contribution in [0.4, 0.5) is 18.2 Å². The minimum atomic E-state index is -0.959. The molecule has 2 aromatic carbocycles. The number of anilines is 1. The third-order valence-electron chi connectivity index (χ3n) is 9.22. The minimum Gasteiger partial charge on any atom is -0.474 e. The number of nitrogens with zero attached hydrogens (tertiary/aromatic N) is 4. The maximum Gasteiger partial charge on any atom is 0.320 e. The van der Waals surface area contributed by atoms with E-state index in [1.54, 1.807) is 0 Å². The molecule has 1 amide bonds. The van der Waals surface area contributed by atoms with Crippen LogP contribution in [0.2, 0.25) is 5.02 Å². The molecule has 7 rings (SSSR count). The first-order valence-corrected chi connectivity index (χ1v) is 15.9. The number of alkyl halides is 1. The monoisotopic (exact) mass is 656 g/mol. The van der Waals surface area contributed by atoms with E-state index >= 15 is 4.39 Å². The van der Waals surface area contributed by atoms with Crippen LogP contribution >= 0.6 is 22.9 Å². The maximum atomic E-state index is 16.7. The number of ether oxygens (including phenoxy) is 2. The van der Waals surface area contributed by atoms with Crippen LogP contribution in [-0.2, 0) is 4.79 Å². The molecular formula is C31H28ClF3N6O3S. The van der Waals surface area contributed by atoms with Gasteiger partial charge in [-0.1, -0.05) is 17.7 Å². The number of carbonyl (C=O) groups excluding carboxylic acids is 1. The van der Waals surface area contributed by atoms with Gasteiger partial charge in [0.1, 0.15) is 41.3 Å². The highest BCUT2D eigenvalue weighted by molar-refractivity contribution is 7.23. The number of carbonyl (C=O) groups is 1. The number of thiophene rings is 1. The van der Waals surface area contributed by atoms with Crippen LogP contribution in [0.25, 0.3) is 32.1 Å². The number of fused-ring (bicyclic) bond motifs is 3. The summed E-state index contributed by atoms with van der Waals surface area (Å²) in [6.07, 6.45) is 3.22. The van der Waals surface area contributed by atoms with Crippen molar-refractivity contribution in [3.05, 3.63) is 40.4 Å². The quantitative estimate of drug-likeness (QED) is 0.225. The van der Waals surface area contributed by atoms with Gasteiger partial charge in [-0.25, -0.2) is 13.2 Å². The Kier molecular flexibility index (Phi) is 7.62. The van der Waals surface area contributed by atoms with Gasteiger partial charge in [-0.05, 0) is 49.9 Å². The lowest BCUT2D eigenvalue weighted by Gasteiger charge is -2.30. The Balaban J connectivity index is 1.35. The van der Waals surface area contributed by atoms with Gasteiger partial charge in [-0.15, -0.1) is 11.3 Å². The molecule has 2 saturated heterocycles. The topological polar surface area (TPSA) is 126 Å². The molecule has 2 aromatic heterocycles. The Morgan fingerprint density at radius 3 is 2.96 bits per heavy atom. The largest absolute Gasteiger partial charge is 0.474 e. The summed E-state index contributed by atoms with van der Waals surface area (Å²) >= 11 is 7.62. The van der Waals surface area contributed by atoms with Gasteiger partial charge < -0.3 is 20.5 Å². The van der Waals surface area contributed by atoms with E-state index in [0.717, 1.165) is 30.7 Å². The molecule has 4 heterocycles. The summed E-state index contributed by atoms with van der Waals surface area (Å²) in [6, 6.07) is 5.79. The molecule has 0 spiro atoms. The van der Waals surface area contributed by atoms with Gasteiger partial charge in [-0.2, -0.15) is 15.2 Å². The molecule has 3 aliphatic rings. The Labute approximate surface area is 265 Å². The minimum absolute atomic E-state index is 0.0265. The van der Waals surface area contributed by atoms with Crippen molar-refractivity contribution in [3.63, 3.8) is 0 Å². The fraction of sp³-hybridized carbons (Fsp3) is 0.419. The van der Waals surface area contributed by atoms with Crippen LogP contribution in [0.3, 0.4) is 0 Å². The van der Waals surface area contributed by atoms with Gasteiger partial charge in [0.05, 0.1) is 26.2 Å². The highest BCUT2D eigenvalue weighted by atomic mass is 35.5. The zero-order valence-electron chi connectivity index (χ0n) is 23.9. The molecule has 4 aromatic rings. The standard InChI is InChI=1S/C31H28ClF3N6O3S/c32-21-9-19-26(25(35)24(21)18-4-5-22(34)27-23(18)20(11-36)28(37)45-27)39-30(40-29(19)44-17-3-2-16(8-17)38-14-42)43-13-31-6-1-7-41(31)12-15(33)10-31/h4-5,9,14-17H,1-3,6-8,10,12-13,37H2,(H,38,42)/t15-,16+,17+,31+/m1/s1. The summed E-state index contributed by atoms with van der Waals surface area (Å²) in [5.41, 5.74) is 5.50. The summed E-state index contributed by atoms with van der Waals surface area (Å²) in [5, 5.41) is 13.0. The molecule has 234 valence electrons. The van der Waals surface area contributed by atoms with Crippen molar-refractivity contribution in [2.24, 2.45) is 0 Å². The van der Waals surface area contributed by atoms with Crippen LogP contribution in [0.5, 0.6) is 11.9 Å². The molecule has 0 unspecified atom stereocenters. The molecule has 3 N–H and O–H groups in total. The van der Waals surface area contributed by atoms with Gasteiger partial charge >= 0.3 is 6.01 Å². The summed E-state index contributed by atoms with van der Waals surface area (Å²) < 4.78 is 58.4. The summed E-state index contributed by atoms with van der Waals surface area (Å²) in [4.78, 5) is 22.0. The zero-order chi connectivity index (χ0) is 31.5. The van der Waals surface area contributed by atoms with E-state index < -0.39 is 23.3 Å². The van der Waals surface area contributed by atoms with E-state index in [4.69, 9.17) is 26.8 Å². The van der Waals surface area contributed by atoms with Crippen LogP contribution in [0.1, 0.15) is 44.1 Å². The van der Waals surface area contributed by atoms with Crippen LogP contribution < -0.4 is 20.5 Å². The molecule has 14 heteroatoms. The number of amides is 1. The second kappa shape index (κ2) is 11.5. The number of halogens is 4. The highest BCUT2D eigenvalue weighted by Crippen LogP contribution is 2.46. The predicted octanol–water partition coefficient (Wildman–Crippen LogP) is 5.90. The predicted molar refractivity (Wildman–Crippen MR) is 164 cm³/mol. The number of benzene rings is 2. The Hall–Kier alpha value is -3.86. The van der Waals surface area contributed by atoms with Crippen molar-refractivity contribution in [2.45, 2.75) is 62.4 Å². The molecule has 4 atom stereocenters. The van der Waals surface area contributed by atoms with Gasteiger partial charge in [0.25, 0.3) is 0 Å².